The Hall–Kier alpha value is -1.84. The van der Waals surface area contributed by atoms with Crippen molar-refractivity contribution in [1.82, 2.24) is 0 Å². The molecule has 0 fully saturated rings. The Morgan fingerprint density at radius 1 is 1.45 bits per heavy atom. The number of benzene rings is 1. The molecular formula is C16H19FN2O. The zero-order valence-corrected chi connectivity index (χ0v) is 11.8. The predicted molar refractivity (Wildman–Crippen MR) is 77.8 cm³/mol. The van der Waals surface area contributed by atoms with Crippen LogP contribution < -0.4 is 5.73 Å². The monoisotopic (exact) mass is 274 g/mol. The van der Waals surface area contributed by atoms with Gasteiger partial charge < -0.3 is 10.5 Å². The topological polar surface area (TPSA) is 47.6 Å². The third-order valence-corrected chi connectivity index (χ3v) is 4.26. The van der Waals surface area contributed by atoms with Crippen molar-refractivity contribution >= 4 is 11.6 Å². The van der Waals surface area contributed by atoms with Gasteiger partial charge in [0.1, 0.15) is 11.6 Å². The fourth-order valence-corrected chi connectivity index (χ4v) is 3.30. The minimum absolute atomic E-state index is 0.0799. The zero-order chi connectivity index (χ0) is 14.3. The van der Waals surface area contributed by atoms with E-state index in [0.29, 0.717) is 17.1 Å². The summed E-state index contributed by atoms with van der Waals surface area (Å²) in [7, 11) is 0. The van der Waals surface area contributed by atoms with E-state index in [9.17, 15) is 4.39 Å². The van der Waals surface area contributed by atoms with E-state index < -0.39 is 5.54 Å². The SMILES string of the molecule is CC1=NC(C)(c2cc(N)ccc2F)C2CCCC=C2O1. The molecule has 1 aliphatic heterocycles. The minimum atomic E-state index is -0.645. The first-order valence-electron chi connectivity index (χ1n) is 7.00. The lowest BCUT2D eigenvalue weighted by Gasteiger charge is -2.41. The molecule has 0 radical (unpaired) electrons. The number of rotatable bonds is 1. The molecule has 0 aromatic heterocycles. The number of nitrogens with zero attached hydrogens (tertiary/aromatic N) is 1. The Labute approximate surface area is 118 Å². The second-order valence-corrected chi connectivity index (χ2v) is 5.71. The van der Waals surface area contributed by atoms with E-state index in [0.717, 1.165) is 25.0 Å². The van der Waals surface area contributed by atoms with E-state index in [1.54, 1.807) is 12.1 Å². The average Bonchev–Trinajstić information content (AvgIpc) is 2.41. The maximum absolute atomic E-state index is 14.3. The molecule has 1 aliphatic carbocycles. The number of anilines is 1. The normalized spacial score (nSPS) is 29.1. The second-order valence-electron chi connectivity index (χ2n) is 5.71. The van der Waals surface area contributed by atoms with E-state index in [1.165, 1.54) is 6.07 Å². The lowest BCUT2D eigenvalue weighted by Crippen LogP contribution is -2.39. The summed E-state index contributed by atoms with van der Waals surface area (Å²) in [5.74, 6) is 1.33. The molecule has 3 nitrogen and oxygen atoms in total. The van der Waals surface area contributed by atoms with Crippen molar-refractivity contribution in [3.05, 3.63) is 41.4 Å². The molecule has 4 heteroatoms. The third-order valence-electron chi connectivity index (χ3n) is 4.26. The fourth-order valence-electron chi connectivity index (χ4n) is 3.30. The van der Waals surface area contributed by atoms with Crippen LogP contribution in [0, 0.1) is 11.7 Å². The van der Waals surface area contributed by atoms with Gasteiger partial charge in [0.2, 0.25) is 0 Å². The molecule has 2 aliphatic rings. The summed E-state index contributed by atoms with van der Waals surface area (Å²) in [4.78, 5) is 4.63. The van der Waals surface area contributed by atoms with Gasteiger partial charge in [0.25, 0.3) is 0 Å². The van der Waals surface area contributed by atoms with Crippen LogP contribution in [0.3, 0.4) is 0 Å². The van der Waals surface area contributed by atoms with Crippen molar-refractivity contribution in [3.8, 4) is 0 Å². The van der Waals surface area contributed by atoms with Crippen LogP contribution >= 0.6 is 0 Å². The maximum Gasteiger partial charge on any atom is 0.187 e. The van der Waals surface area contributed by atoms with Gasteiger partial charge >= 0.3 is 0 Å². The zero-order valence-electron chi connectivity index (χ0n) is 11.8. The van der Waals surface area contributed by atoms with Crippen molar-refractivity contribution in [3.63, 3.8) is 0 Å². The summed E-state index contributed by atoms with van der Waals surface area (Å²) in [6.07, 6.45) is 5.14. The lowest BCUT2D eigenvalue weighted by molar-refractivity contribution is 0.184. The molecule has 3 rings (SSSR count). The minimum Gasteiger partial charge on any atom is -0.448 e. The molecule has 1 heterocycles. The molecular weight excluding hydrogens is 255 g/mol. The summed E-state index contributed by atoms with van der Waals surface area (Å²) >= 11 is 0. The van der Waals surface area contributed by atoms with E-state index in [4.69, 9.17) is 10.5 Å². The molecule has 1 aromatic carbocycles. The summed E-state index contributed by atoms with van der Waals surface area (Å²) in [5, 5.41) is 0. The number of nitrogen functional groups attached to an aromatic ring is 1. The molecule has 20 heavy (non-hydrogen) atoms. The molecule has 0 amide bonds. The number of hydrogen-bond donors (Lipinski definition) is 1. The highest BCUT2D eigenvalue weighted by Gasteiger charge is 2.44. The Balaban J connectivity index is 2.17. The number of aliphatic imine (C=N–C) groups is 1. The van der Waals surface area contributed by atoms with Crippen LogP contribution in [0.5, 0.6) is 0 Å². The molecule has 1 aromatic rings. The van der Waals surface area contributed by atoms with Gasteiger partial charge in [-0.1, -0.05) is 0 Å². The van der Waals surface area contributed by atoms with Crippen molar-refractivity contribution in [2.24, 2.45) is 10.9 Å². The first kappa shape index (κ1) is 13.2. The van der Waals surface area contributed by atoms with Gasteiger partial charge in [-0.15, -0.1) is 0 Å². The summed E-state index contributed by atoms with van der Waals surface area (Å²) in [5.41, 5.74) is 6.30. The number of hydrogen-bond acceptors (Lipinski definition) is 3. The van der Waals surface area contributed by atoms with E-state index in [1.807, 2.05) is 13.8 Å². The number of allylic oxidation sites excluding steroid dienone is 1. The Kier molecular flexibility index (Phi) is 3.04. The van der Waals surface area contributed by atoms with E-state index in [2.05, 4.69) is 11.1 Å². The summed E-state index contributed by atoms with van der Waals surface area (Å²) < 4.78 is 20.0. The Morgan fingerprint density at radius 3 is 3.05 bits per heavy atom. The predicted octanol–water partition coefficient (Wildman–Crippen LogP) is 3.76. The first-order valence-corrected chi connectivity index (χ1v) is 7.00. The number of ether oxygens (including phenoxy) is 1. The van der Waals surface area contributed by atoms with Crippen molar-refractivity contribution in [2.45, 2.75) is 38.6 Å². The molecule has 106 valence electrons. The van der Waals surface area contributed by atoms with Gasteiger partial charge in [-0.3, -0.25) is 0 Å². The summed E-state index contributed by atoms with van der Waals surface area (Å²) in [6, 6.07) is 4.70. The van der Waals surface area contributed by atoms with Gasteiger partial charge in [-0.05, 0) is 50.5 Å². The van der Waals surface area contributed by atoms with Crippen molar-refractivity contribution < 1.29 is 9.13 Å². The van der Waals surface area contributed by atoms with Crippen LogP contribution in [0.1, 0.15) is 38.7 Å². The van der Waals surface area contributed by atoms with Crippen LogP contribution in [0.15, 0.2) is 35.0 Å². The lowest BCUT2D eigenvalue weighted by atomic mass is 9.73. The first-order chi connectivity index (χ1) is 9.50. The third kappa shape index (κ3) is 1.99. The highest BCUT2D eigenvalue weighted by atomic mass is 19.1. The van der Waals surface area contributed by atoms with Crippen LogP contribution in [-0.2, 0) is 10.3 Å². The molecule has 0 saturated carbocycles. The van der Waals surface area contributed by atoms with Crippen molar-refractivity contribution in [1.29, 1.82) is 0 Å². The Morgan fingerprint density at radius 2 is 2.25 bits per heavy atom. The van der Waals surface area contributed by atoms with Crippen LogP contribution in [-0.4, -0.2) is 5.90 Å². The van der Waals surface area contributed by atoms with Crippen LogP contribution in [0.25, 0.3) is 0 Å². The quantitative estimate of drug-likeness (QED) is 0.793. The van der Waals surface area contributed by atoms with Crippen LogP contribution in [0.2, 0.25) is 0 Å². The van der Waals surface area contributed by atoms with Gasteiger partial charge in [0.05, 0.1) is 5.54 Å². The molecule has 2 unspecified atom stereocenters. The van der Waals surface area contributed by atoms with Gasteiger partial charge in [0.15, 0.2) is 5.90 Å². The standard InChI is InChI=1S/C16H19FN2O/c1-10-19-16(2,12-5-3-4-6-15(12)20-10)13-9-11(18)7-8-14(13)17/h6-9,12H,3-5,18H2,1-2H3. The highest BCUT2D eigenvalue weighted by molar-refractivity contribution is 5.76. The number of nitrogens with two attached hydrogens (primary N) is 1. The van der Waals surface area contributed by atoms with E-state index >= 15 is 0 Å². The fraction of sp³-hybridized carbons (Fsp3) is 0.438. The average molecular weight is 274 g/mol. The second kappa shape index (κ2) is 4.62. The smallest absolute Gasteiger partial charge is 0.187 e. The molecule has 0 spiro atoms. The van der Waals surface area contributed by atoms with E-state index in [-0.39, 0.29) is 11.7 Å². The number of halogens is 1. The molecule has 0 saturated heterocycles. The van der Waals surface area contributed by atoms with Gasteiger partial charge in [-0.2, -0.15) is 0 Å². The largest absolute Gasteiger partial charge is 0.448 e. The molecule has 2 atom stereocenters. The van der Waals surface area contributed by atoms with Gasteiger partial charge in [-0.25, -0.2) is 9.38 Å². The Bertz CT molecular complexity index is 608. The molecule has 0 bridgehead atoms. The number of fused-ring (bicyclic) bond motifs is 1. The highest BCUT2D eigenvalue weighted by Crippen LogP contribution is 2.47. The van der Waals surface area contributed by atoms with Crippen molar-refractivity contribution in [2.75, 3.05) is 5.73 Å². The van der Waals surface area contributed by atoms with Gasteiger partial charge in [0, 0.05) is 24.1 Å². The maximum atomic E-state index is 14.3. The van der Waals surface area contributed by atoms with Crippen LogP contribution in [0.4, 0.5) is 10.1 Å². The molecule has 2 N–H and O–H groups in total. The summed E-state index contributed by atoms with van der Waals surface area (Å²) in [6.45, 7) is 3.79.